The van der Waals surface area contributed by atoms with Crippen LogP contribution in [0.15, 0.2) is 18.2 Å². The lowest BCUT2D eigenvalue weighted by atomic mass is 10.00. The van der Waals surface area contributed by atoms with Crippen molar-refractivity contribution in [2.45, 2.75) is 57.6 Å². The number of benzene rings is 1. The van der Waals surface area contributed by atoms with Gasteiger partial charge in [0.2, 0.25) is 0 Å². The second-order valence-electron chi connectivity index (χ2n) is 6.80. The summed E-state index contributed by atoms with van der Waals surface area (Å²) in [6.07, 6.45) is 6.07. The highest BCUT2D eigenvalue weighted by atomic mass is 16.5. The van der Waals surface area contributed by atoms with E-state index in [9.17, 15) is 0 Å². The third kappa shape index (κ3) is 2.78. The molecule has 2 N–H and O–H groups in total. The molecule has 0 radical (unpaired) electrons. The minimum absolute atomic E-state index is 0.130. The van der Waals surface area contributed by atoms with Gasteiger partial charge >= 0.3 is 0 Å². The van der Waals surface area contributed by atoms with E-state index in [1.54, 1.807) is 0 Å². The average Bonchev–Trinajstić information content (AvgIpc) is 3.01. The maximum absolute atomic E-state index is 6.26. The predicted molar refractivity (Wildman–Crippen MR) is 80.3 cm³/mol. The van der Waals surface area contributed by atoms with Crippen molar-refractivity contribution in [1.82, 2.24) is 0 Å². The van der Waals surface area contributed by atoms with Crippen molar-refractivity contribution < 1.29 is 9.47 Å². The van der Waals surface area contributed by atoms with E-state index in [4.69, 9.17) is 15.2 Å². The van der Waals surface area contributed by atoms with Gasteiger partial charge in [0.1, 0.15) is 12.2 Å². The zero-order valence-electron chi connectivity index (χ0n) is 12.5. The first-order valence-corrected chi connectivity index (χ1v) is 7.74. The van der Waals surface area contributed by atoms with Crippen molar-refractivity contribution in [3.63, 3.8) is 0 Å². The highest BCUT2D eigenvalue weighted by molar-refractivity contribution is 5.50. The first-order chi connectivity index (χ1) is 9.55. The van der Waals surface area contributed by atoms with Gasteiger partial charge in [-0.1, -0.05) is 25.0 Å². The molecule has 1 fully saturated rings. The van der Waals surface area contributed by atoms with Crippen molar-refractivity contribution in [2.24, 2.45) is 11.7 Å². The normalized spacial score (nSPS) is 22.4. The Labute approximate surface area is 121 Å². The van der Waals surface area contributed by atoms with Crippen molar-refractivity contribution in [3.05, 3.63) is 23.8 Å². The molecule has 0 bridgehead atoms. The molecule has 0 spiro atoms. The van der Waals surface area contributed by atoms with Crippen LogP contribution in [-0.4, -0.2) is 18.2 Å². The predicted octanol–water partition coefficient (Wildman–Crippen LogP) is 3.30. The van der Waals surface area contributed by atoms with E-state index in [0.29, 0.717) is 12.5 Å². The maximum Gasteiger partial charge on any atom is 0.165 e. The van der Waals surface area contributed by atoms with Crippen molar-refractivity contribution >= 4 is 0 Å². The SMILES string of the molecule is CC1(C)Cc2cccc(OCC(N)C3CCCC3)c2O1. The molecule has 2 aliphatic rings. The van der Waals surface area contributed by atoms with Gasteiger partial charge in [-0.25, -0.2) is 0 Å². The molecule has 0 aromatic heterocycles. The van der Waals surface area contributed by atoms with Gasteiger partial charge in [-0.05, 0) is 38.7 Å². The first-order valence-electron chi connectivity index (χ1n) is 7.74. The number of rotatable bonds is 4. The van der Waals surface area contributed by atoms with Gasteiger partial charge < -0.3 is 15.2 Å². The summed E-state index contributed by atoms with van der Waals surface area (Å²) >= 11 is 0. The monoisotopic (exact) mass is 275 g/mol. The lowest BCUT2D eigenvalue weighted by Crippen LogP contribution is -2.34. The van der Waals surface area contributed by atoms with E-state index < -0.39 is 0 Å². The molecular weight excluding hydrogens is 250 g/mol. The molecule has 1 saturated carbocycles. The summed E-state index contributed by atoms with van der Waals surface area (Å²) < 4.78 is 12.0. The second-order valence-corrected chi connectivity index (χ2v) is 6.80. The number of nitrogens with two attached hydrogens (primary N) is 1. The number of hydrogen-bond donors (Lipinski definition) is 1. The molecule has 1 aromatic rings. The number of hydrogen-bond acceptors (Lipinski definition) is 3. The van der Waals surface area contributed by atoms with Gasteiger partial charge in [0.05, 0.1) is 0 Å². The van der Waals surface area contributed by atoms with E-state index in [2.05, 4.69) is 19.9 Å². The fourth-order valence-corrected chi connectivity index (χ4v) is 3.41. The molecule has 1 heterocycles. The summed E-state index contributed by atoms with van der Waals surface area (Å²) in [6.45, 7) is 4.81. The van der Waals surface area contributed by atoms with Crippen LogP contribution in [0.25, 0.3) is 0 Å². The van der Waals surface area contributed by atoms with Crippen molar-refractivity contribution in [2.75, 3.05) is 6.61 Å². The van der Waals surface area contributed by atoms with Crippen LogP contribution >= 0.6 is 0 Å². The average molecular weight is 275 g/mol. The number of para-hydroxylation sites is 1. The molecule has 1 aromatic carbocycles. The Morgan fingerprint density at radius 3 is 2.85 bits per heavy atom. The summed E-state index contributed by atoms with van der Waals surface area (Å²) in [6, 6.07) is 6.29. The van der Waals surface area contributed by atoms with Gasteiger partial charge in [0.15, 0.2) is 11.5 Å². The fraction of sp³-hybridized carbons (Fsp3) is 0.647. The largest absolute Gasteiger partial charge is 0.488 e. The van der Waals surface area contributed by atoms with E-state index in [1.165, 1.54) is 31.2 Å². The van der Waals surface area contributed by atoms with E-state index in [-0.39, 0.29) is 11.6 Å². The van der Waals surface area contributed by atoms with Crippen LogP contribution in [0.5, 0.6) is 11.5 Å². The number of fused-ring (bicyclic) bond motifs is 1. The summed E-state index contributed by atoms with van der Waals surface area (Å²) in [5, 5.41) is 0. The lowest BCUT2D eigenvalue weighted by Gasteiger charge is -2.21. The van der Waals surface area contributed by atoms with Crippen molar-refractivity contribution in [3.8, 4) is 11.5 Å². The van der Waals surface area contributed by atoms with Crippen molar-refractivity contribution in [1.29, 1.82) is 0 Å². The molecule has 1 aliphatic heterocycles. The summed E-state index contributed by atoms with van der Waals surface area (Å²) in [5.74, 6) is 2.39. The van der Waals surface area contributed by atoms with Crippen LogP contribution in [0.4, 0.5) is 0 Å². The Morgan fingerprint density at radius 2 is 2.10 bits per heavy atom. The Balaban J connectivity index is 1.65. The Morgan fingerprint density at radius 1 is 1.35 bits per heavy atom. The minimum atomic E-state index is -0.130. The van der Waals surface area contributed by atoms with Gasteiger partial charge in [-0.2, -0.15) is 0 Å². The van der Waals surface area contributed by atoms with Crippen LogP contribution < -0.4 is 15.2 Å². The third-order valence-electron chi connectivity index (χ3n) is 4.49. The van der Waals surface area contributed by atoms with E-state index in [1.807, 2.05) is 12.1 Å². The van der Waals surface area contributed by atoms with E-state index in [0.717, 1.165) is 17.9 Å². The van der Waals surface area contributed by atoms with Crippen LogP contribution in [0.2, 0.25) is 0 Å². The molecule has 0 amide bonds. The summed E-state index contributed by atoms with van der Waals surface area (Å²) in [5.41, 5.74) is 7.37. The Kier molecular flexibility index (Phi) is 3.63. The fourth-order valence-electron chi connectivity index (χ4n) is 3.41. The lowest BCUT2D eigenvalue weighted by molar-refractivity contribution is 0.130. The molecule has 0 saturated heterocycles. The molecule has 1 aliphatic carbocycles. The minimum Gasteiger partial charge on any atom is -0.488 e. The molecule has 1 atom stereocenters. The molecule has 3 nitrogen and oxygen atoms in total. The van der Waals surface area contributed by atoms with Gasteiger partial charge in [0.25, 0.3) is 0 Å². The van der Waals surface area contributed by atoms with Gasteiger partial charge in [0, 0.05) is 18.0 Å². The molecule has 3 heteroatoms. The molecule has 20 heavy (non-hydrogen) atoms. The quantitative estimate of drug-likeness (QED) is 0.917. The molecule has 1 unspecified atom stereocenters. The highest BCUT2D eigenvalue weighted by Crippen LogP contribution is 2.41. The third-order valence-corrected chi connectivity index (χ3v) is 4.49. The molecule has 110 valence electrons. The van der Waals surface area contributed by atoms with Crippen LogP contribution in [0.1, 0.15) is 45.1 Å². The van der Waals surface area contributed by atoms with Crippen LogP contribution in [0.3, 0.4) is 0 Å². The summed E-state index contributed by atoms with van der Waals surface area (Å²) in [4.78, 5) is 0. The van der Waals surface area contributed by atoms with Crippen LogP contribution in [-0.2, 0) is 6.42 Å². The van der Waals surface area contributed by atoms with Crippen LogP contribution in [0, 0.1) is 5.92 Å². The number of ether oxygens (including phenoxy) is 2. The van der Waals surface area contributed by atoms with E-state index >= 15 is 0 Å². The molecule has 3 rings (SSSR count). The second kappa shape index (κ2) is 5.28. The maximum atomic E-state index is 6.26. The highest BCUT2D eigenvalue weighted by Gasteiger charge is 2.32. The van der Waals surface area contributed by atoms with Gasteiger partial charge in [-0.15, -0.1) is 0 Å². The zero-order valence-corrected chi connectivity index (χ0v) is 12.5. The molecular formula is C17H25NO2. The standard InChI is InChI=1S/C17H25NO2/c1-17(2)10-13-8-5-9-15(16(13)20-17)19-11-14(18)12-6-3-4-7-12/h5,8-9,12,14H,3-4,6-7,10-11,18H2,1-2H3. The smallest absolute Gasteiger partial charge is 0.165 e. The van der Waals surface area contributed by atoms with Gasteiger partial charge in [-0.3, -0.25) is 0 Å². The zero-order chi connectivity index (χ0) is 14.2. The Bertz CT molecular complexity index is 478. The first kappa shape index (κ1) is 13.7. The Hall–Kier alpha value is -1.22. The topological polar surface area (TPSA) is 44.5 Å². The summed E-state index contributed by atoms with van der Waals surface area (Å²) in [7, 11) is 0.